The van der Waals surface area contributed by atoms with Gasteiger partial charge in [0, 0.05) is 25.4 Å². The number of nitrogens with zero attached hydrogens (tertiary/aromatic N) is 4. The number of carboxylic acids is 1. The highest BCUT2D eigenvalue weighted by atomic mass is 35.5. The number of imidazole rings is 1. The predicted octanol–water partition coefficient (Wildman–Crippen LogP) is 6.29. The summed E-state index contributed by atoms with van der Waals surface area (Å²) in [4.78, 5) is 22.7. The molecule has 6 rings (SSSR count). The molecule has 0 unspecified atom stereocenters. The standard InChI is InChI=1S/C30H28ClF3N4O4/c1-17-23-12-27(42-16-21-4-3-20(31)13-35-21)24(30(32,33)34)10-18(23)6-8-37(17)15-28-36-25-5-2-19(29(39)40)11-26(25)38(28)14-22-7-9-41-22/h2-5,10-13,17,22H,6-9,14-16H2,1H3,(H,39,40)/t17-,22-/m0/s1. The van der Waals surface area contributed by atoms with Gasteiger partial charge in [-0.2, -0.15) is 13.2 Å². The molecule has 8 nitrogen and oxygen atoms in total. The van der Waals surface area contributed by atoms with Crippen LogP contribution in [0.2, 0.25) is 5.02 Å². The molecule has 0 bridgehead atoms. The Morgan fingerprint density at radius 2 is 2.02 bits per heavy atom. The Balaban J connectivity index is 1.30. The summed E-state index contributed by atoms with van der Waals surface area (Å²) in [5.74, 6) is -0.520. The highest BCUT2D eigenvalue weighted by molar-refractivity contribution is 6.30. The fourth-order valence-electron chi connectivity index (χ4n) is 5.54. The zero-order valence-electron chi connectivity index (χ0n) is 22.7. The first-order valence-corrected chi connectivity index (χ1v) is 14.0. The van der Waals surface area contributed by atoms with Gasteiger partial charge in [-0.05, 0) is 73.4 Å². The fraction of sp³-hybridized carbons (Fsp3) is 0.367. The van der Waals surface area contributed by atoms with E-state index >= 15 is 0 Å². The Labute approximate surface area is 244 Å². The first-order valence-electron chi connectivity index (χ1n) is 13.6. The number of ether oxygens (including phenoxy) is 2. The molecule has 12 heteroatoms. The van der Waals surface area contributed by atoms with Gasteiger partial charge in [0.2, 0.25) is 0 Å². The van der Waals surface area contributed by atoms with Crippen molar-refractivity contribution >= 4 is 28.6 Å². The lowest BCUT2D eigenvalue weighted by Crippen LogP contribution is -2.36. The number of halogens is 4. The Morgan fingerprint density at radius 1 is 1.21 bits per heavy atom. The number of benzene rings is 2. The van der Waals surface area contributed by atoms with Gasteiger partial charge in [-0.25, -0.2) is 9.78 Å². The molecule has 4 aromatic rings. The van der Waals surface area contributed by atoms with E-state index in [4.69, 9.17) is 26.1 Å². The van der Waals surface area contributed by atoms with E-state index in [-0.39, 0.29) is 30.1 Å². The van der Waals surface area contributed by atoms with Crippen LogP contribution in [0.3, 0.4) is 0 Å². The molecule has 1 fully saturated rings. The molecule has 2 aromatic carbocycles. The molecule has 0 spiro atoms. The molecule has 1 saturated heterocycles. The molecule has 1 N–H and O–H groups in total. The number of pyridine rings is 1. The van der Waals surface area contributed by atoms with Crippen molar-refractivity contribution in [3.05, 3.63) is 87.5 Å². The number of rotatable bonds is 8. The Morgan fingerprint density at radius 3 is 2.69 bits per heavy atom. The second kappa shape index (κ2) is 11.2. The smallest absolute Gasteiger partial charge is 0.419 e. The van der Waals surface area contributed by atoms with Crippen LogP contribution in [0.5, 0.6) is 5.75 Å². The van der Waals surface area contributed by atoms with Crippen molar-refractivity contribution in [1.29, 1.82) is 0 Å². The zero-order valence-corrected chi connectivity index (χ0v) is 23.5. The van der Waals surface area contributed by atoms with Crippen molar-refractivity contribution in [3.8, 4) is 5.75 Å². The summed E-state index contributed by atoms with van der Waals surface area (Å²) in [6, 6.07) is 10.5. The minimum absolute atomic E-state index is 0.0183. The number of fused-ring (bicyclic) bond motifs is 2. The molecular weight excluding hydrogens is 573 g/mol. The third-order valence-corrected chi connectivity index (χ3v) is 8.20. The van der Waals surface area contributed by atoms with Crippen molar-refractivity contribution in [2.24, 2.45) is 0 Å². The maximum atomic E-state index is 14.0. The van der Waals surface area contributed by atoms with Gasteiger partial charge in [0.25, 0.3) is 0 Å². The summed E-state index contributed by atoms with van der Waals surface area (Å²) in [6.07, 6.45) is -1.81. The molecule has 2 atom stereocenters. The van der Waals surface area contributed by atoms with Crippen LogP contribution in [-0.2, 0) is 37.0 Å². The Kier molecular flexibility index (Phi) is 7.59. The van der Waals surface area contributed by atoms with Crippen LogP contribution in [0, 0.1) is 0 Å². The molecule has 2 aliphatic rings. The van der Waals surface area contributed by atoms with E-state index in [0.29, 0.717) is 60.0 Å². The monoisotopic (exact) mass is 600 g/mol. The van der Waals surface area contributed by atoms with Crippen LogP contribution in [0.25, 0.3) is 11.0 Å². The normalized spacial score (nSPS) is 19.0. The van der Waals surface area contributed by atoms with Crippen LogP contribution in [0.4, 0.5) is 13.2 Å². The summed E-state index contributed by atoms with van der Waals surface area (Å²) in [5, 5.41) is 9.95. The van der Waals surface area contributed by atoms with Crippen molar-refractivity contribution in [3.63, 3.8) is 0 Å². The SMILES string of the molecule is C[C@H]1c2cc(OCc3ccc(Cl)cn3)c(C(F)(F)F)cc2CCN1Cc1nc2ccc(C(=O)O)cc2n1C[C@@H]1CCO1. The van der Waals surface area contributed by atoms with Gasteiger partial charge in [0.1, 0.15) is 18.2 Å². The average molecular weight is 601 g/mol. The molecule has 0 amide bonds. The van der Waals surface area contributed by atoms with E-state index in [1.807, 2.05) is 11.5 Å². The number of hydrogen-bond donors (Lipinski definition) is 1. The molecule has 4 heterocycles. The number of alkyl halides is 3. The van der Waals surface area contributed by atoms with E-state index in [1.165, 1.54) is 24.4 Å². The van der Waals surface area contributed by atoms with Crippen molar-refractivity contribution in [1.82, 2.24) is 19.4 Å². The molecule has 2 aliphatic heterocycles. The van der Waals surface area contributed by atoms with Gasteiger partial charge in [-0.3, -0.25) is 9.88 Å². The molecule has 0 aliphatic carbocycles. The van der Waals surface area contributed by atoms with Crippen LogP contribution in [0.15, 0.2) is 48.7 Å². The van der Waals surface area contributed by atoms with Crippen LogP contribution >= 0.6 is 11.6 Å². The molecule has 0 saturated carbocycles. The maximum absolute atomic E-state index is 14.0. The highest BCUT2D eigenvalue weighted by Gasteiger charge is 2.37. The summed E-state index contributed by atoms with van der Waals surface area (Å²) < 4.78 is 55.5. The van der Waals surface area contributed by atoms with E-state index in [0.717, 1.165) is 17.8 Å². The number of aromatic carboxylic acids is 1. The first-order chi connectivity index (χ1) is 20.1. The first kappa shape index (κ1) is 28.4. The fourth-order valence-corrected chi connectivity index (χ4v) is 5.66. The number of carboxylic acid groups (broad SMARTS) is 1. The lowest BCUT2D eigenvalue weighted by molar-refractivity contribution is -0.139. The second-order valence-corrected chi connectivity index (χ2v) is 11.1. The Hall–Kier alpha value is -3.67. The van der Waals surface area contributed by atoms with E-state index < -0.39 is 17.7 Å². The largest absolute Gasteiger partial charge is 0.487 e. The molecule has 0 radical (unpaired) electrons. The van der Waals surface area contributed by atoms with E-state index in [9.17, 15) is 23.1 Å². The maximum Gasteiger partial charge on any atom is 0.419 e. The van der Waals surface area contributed by atoms with Gasteiger partial charge < -0.3 is 19.1 Å². The van der Waals surface area contributed by atoms with E-state index in [1.54, 1.807) is 24.3 Å². The molecule has 42 heavy (non-hydrogen) atoms. The second-order valence-electron chi connectivity index (χ2n) is 10.6. The van der Waals surface area contributed by atoms with Gasteiger partial charge >= 0.3 is 12.1 Å². The molecule has 2 aromatic heterocycles. The third-order valence-electron chi connectivity index (χ3n) is 7.98. The zero-order chi connectivity index (χ0) is 29.6. The molecule has 220 valence electrons. The lowest BCUT2D eigenvalue weighted by Gasteiger charge is -2.36. The number of hydrogen-bond acceptors (Lipinski definition) is 6. The van der Waals surface area contributed by atoms with Gasteiger partial charge in [-0.15, -0.1) is 0 Å². The van der Waals surface area contributed by atoms with Crippen LogP contribution in [0.1, 0.15) is 58.0 Å². The van der Waals surface area contributed by atoms with Crippen LogP contribution < -0.4 is 4.74 Å². The summed E-state index contributed by atoms with van der Waals surface area (Å²) in [6.45, 7) is 4.01. The van der Waals surface area contributed by atoms with Crippen molar-refractivity contribution in [2.45, 2.75) is 57.8 Å². The highest BCUT2D eigenvalue weighted by Crippen LogP contribution is 2.42. The van der Waals surface area contributed by atoms with Crippen molar-refractivity contribution < 1.29 is 32.5 Å². The van der Waals surface area contributed by atoms with Gasteiger partial charge in [0.05, 0.1) is 52.1 Å². The minimum Gasteiger partial charge on any atom is -0.487 e. The third kappa shape index (κ3) is 5.68. The van der Waals surface area contributed by atoms with Gasteiger partial charge in [-0.1, -0.05) is 11.6 Å². The van der Waals surface area contributed by atoms with Crippen molar-refractivity contribution in [2.75, 3.05) is 13.2 Å². The number of aromatic nitrogens is 3. The average Bonchev–Trinajstić information content (AvgIpc) is 3.27. The topological polar surface area (TPSA) is 89.7 Å². The predicted molar refractivity (Wildman–Crippen MR) is 149 cm³/mol. The quantitative estimate of drug-likeness (QED) is 0.254. The van der Waals surface area contributed by atoms with Gasteiger partial charge in [0.15, 0.2) is 0 Å². The minimum atomic E-state index is -4.58. The summed E-state index contributed by atoms with van der Waals surface area (Å²) >= 11 is 5.88. The number of carbonyl (C=O) groups is 1. The van der Waals surface area contributed by atoms with Crippen LogP contribution in [-0.4, -0.2) is 49.8 Å². The lowest BCUT2D eigenvalue weighted by atomic mass is 9.91. The Bertz CT molecular complexity index is 1640. The molecular formula is C30H28ClF3N4O4. The summed E-state index contributed by atoms with van der Waals surface area (Å²) in [7, 11) is 0. The van der Waals surface area contributed by atoms with E-state index in [2.05, 4.69) is 9.88 Å². The summed E-state index contributed by atoms with van der Waals surface area (Å²) in [5.41, 5.74) is 2.60.